The molecule has 0 bridgehead atoms. The Balaban J connectivity index is 2.17. The van der Waals surface area contributed by atoms with Crippen molar-refractivity contribution in [3.63, 3.8) is 0 Å². The summed E-state index contributed by atoms with van der Waals surface area (Å²) in [5, 5.41) is 15.0. The van der Waals surface area contributed by atoms with Gasteiger partial charge in [-0.2, -0.15) is 14.9 Å². The minimum atomic E-state index is 0.487. The normalized spacial score (nSPS) is 10.7. The lowest BCUT2D eigenvalue weighted by Gasteiger charge is -1.94. The van der Waals surface area contributed by atoms with Crippen LogP contribution in [-0.4, -0.2) is 14.6 Å². The molecular weight excluding hydrogens is 268 g/mol. The fourth-order valence-electron chi connectivity index (χ4n) is 1.69. The summed E-state index contributed by atoms with van der Waals surface area (Å²) in [5.74, 6) is 0. The standard InChI is InChI=1S/C12H7ClN4S/c1-7-10(6-14)17-12(15-7)18-11(16-17)8-2-4-9(13)5-3-8/h2-5H,1H3. The molecule has 0 unspecified atom stereocenters. The molecule has 0 saturated heterocycles. The number of fused-ring (bicyclic) bond motifs is 1. The first-order valence-electron chi connectivity index (χ1n) is 5.21. The molecule has 18 heavy (non-hydrogen) atoms. The highest BCUT2D eigenvalue weighted by Crippen LogP contribution is 2.27. The Kier molecular flexibility index (Phi) is 2.54. The second-order valence-electron chi connectivity index (χ2n) is 3.77. The first-order chi connectivity index (χ1) is 8.69. The topological polar surface area (TPSA) is 54.0 Å². The van der Waals surface area contributed by atoms with Crippen molar-refractivity contribution in [2.75, 3.05) is 0 Å². The van der Waals surface area contributed by atoms with Crippen LogP contribution in [0.1, 0.15) is 11.4 Å². The summed E-state index contributed by atoms with van der Waals surface area (Å²) < 4.78 is 1.59. The van der Waals surface area contributed by atoms with E-state index in [1.54, 1.807) is 4.52 Å². The van der Waals surface area contributed by atoms with E-state index in [2.05, 4.69) is 16.2 Å². The number of aryl methyl sites for hydroxylation is 1. The third-order valence-electron chi connectivity index (χ3n) is 2.57. The average Bonchev–Trinajstić information content (AvgIpc) is 2.86. The predicted octanol–water partition coefficient (Wildman–Crippen LogP) is 3.29. The zero-order valence-electron chi connectivity index (χ0n) is 9.38. The highest BCUT2D eigenvalue weighted by Gasteiger charge is 2.14. The van der Waals surface area contributed by atoms with Crippen molar-refractivity contribution in [1.29, 1.82) is 5.26 Å². The van der Waals surface area contributed by atoms with Crippen molar-refractivity contribution in [2.45, 2.75) is 6.92 Å². The molecule has 0 N–H and O–H groups in total. The van der Waals surface area contributed by atoms with Crippen LogP contribution in [0.5, 0.6) is 0 Å². The van der Waals surface area contributed by atoms with E-state index in [0.29, 0.717) is 16.4 Å². The second kappa shape index (κ2) is 4.09. The van der Waals surface area contributed by atoms with Crippen molar-refractivity contribution < 1.29 is 0 Å². The quantitative estimate of drug-likeness (QED) is 0.684. The van der Waals surface area contributed by atoms with Crippen LogP contribution in [-0.2, 0) is 0 Å². The molecule has 2 aromatic heterocycles. The van der Waals surface area contributed by atoms with E-state index in [-0.39, 0.29) is 0 Å². The van der Waals surface area contributed by atoms with Gasteiger partial charge >= 0.3 is 0 Å². The number of nitrogens with zero attached hydrogens (tertiary/aromatic N) is 4. The molecule has 1 aromatic carbocycles. The number of rotatable bonds is 1. The molecule has 0 radical (unpaired) electrons. The number of benzene rings is 1. The summed E-state index contributed by atoms with van der Waals surface area (Å²) in [6.45, 7) is 1.81. The molecule has 0 fully saturated rings. The molecule has 6 heteroatoms. The van der Waals surface area contributed by atoms with E-state index in [9.17, 15) is 0 Å². The van der Waals surface area contributed by atoms with Gasteiger partial charge in [0.05, 0.1) is 5.69 Å². The molecule has 2 heterocycles. The molecule has 4 nitrogen and oxygen atoms in total. The van der Waals surface area contributed by atoms with Crippen LogP contribution < -0.4 is 0 Å². The minimum absolute atomic E-state index is 0.487. The van der Waals surface area contributed by atoms with Crippen LogP contribution in [0.4, 0.5) is 0 Å². The molecule has 0 saturated carbocycles. The summed E-state index contributed by atoms with van der Waals surface area (Å²) in [7, 11) is 0. The number of imidazole rings is 1. The Labute approximate surface area is 112 Å². The molecule has 3 rings (SSSR count). The van der Waals surface area contributed by atoms with Gasteiger partial charge in [-0.25, -0.2) is 4.98 Å². The minimum Gasteiger partial charge on any atom is -0.221 e. The lowest BCUT2D eigenvalue weighted by molar-refractivity contribution is 0.955. The smallest absolute Gasteiger partial charge is 0.213 e. The van der Waals surface area contributed by atoms with Crippen LogP contribution in [0.15, 0.2) is 24.3 Å². The number of hydrogen-bond donors (Lipinski definition) is 0. The van der Waals surface area contributed by atoms with Crippen LogP contribution >= 0.6 is 22.9 Å². The van der Waals surface area contributed by atoms with Crippen molar-refractivity contribution in [3.8, 4) is 16.6 Å². The van der Waals surface area contributed by atoms with Crippen molar-refractivity contribution in [1.82, 2.24) is 14.6 Å². The fourth-order valence-corrected chi connectivity index (χ4v) is 2.76. The van der Waals surface area contributed by atoms with Gasteiger partial charge in [0.1, 0.15) is 11.1 Å². The zero-order chi connectivity index (χ0) is 12.7. The lowest BCUT2D eigenvalue weighted by Crippen LogP contribution is -1.90. The van der Waals surface area contributed by atoms with Gasteiger partial charge in [-0.3, -0.25) is 0 Å². The summed E-state index contributed by atoms with van der Waals surface area (Å²) >= 11 is 7.30. The predicted molar refractivity (Wildman–Crippen MR) is 70.8 cm³/mol. The molecule has 0 aliphatic rings. The largest absolute Gasteiger partial charge is 0.221 e. The van der Waals surface area contributed by atoms with Crippen molar-refractivity contribution in [3.05, 3.63) is 40.7 Å². The van der Waals surface area contributed by atoms with Crippen LogP contribution in [0, 0.1) is 18.3 Å². The Morgan fingerprint density at radius 2 is 2.06 bits per heavy atom. The average molecular weight is 275 g/mol. The SMILES string of the molecule is Cc1nc2sc(-c3ccc(Cl)cc3)nn2c1C#N. The van der Waals surface area contributed by atoms with E-state index in [1.165, 1.54) is 11.3 Å². The fraction of sp³-hybridized carbons (Fsp3) is 0.0833. The second-order valence-corrected chi connectivity index (χ2v) is 5.16. The first kappa shape index (κ1) is 11.2. The van der Waals surface area contributed by atoms with Crippen molar-refractivity contribution in [2.24, 2.45) is 0 Å². The maximum Gasteiger partial charge on any atom is 0.213 e. The van der Waals surface area contributed by atoms with Crippen LogP contribution in [0.2, 0.25) is 5.02 Å². The molecule has 0 aliphatic heterocycles. The first-order valence-corrected chi connectivity index (χ1v) is 6.40. The van der Waals surface area contributed by atoms with Crippen LogP contribution in [0.3, 0.4) is 0 Å². The van der Waals surface area contributed by atoms with E-state index < -0.39 is 0 Å². The number of aromatic nitrogens is 3. The molecule has 3 aromatic rings. The Morgan fingerprint density at radius 3 is 2.72 bits per heavy atom. The molecule has 0 atom stereocenters. The Morgan fingerprint density at radius 1 is 1.33 bits per heavy atom. The third kappa shape index (κ3) is 1.67. The van der Waals surface area contributed by atoms with Crippen molar-refractivity contribution >= 4 is 27.9 Å². The zero-order valence-corrected chi connectivity index (χ0v) is 11.0. The van der Waals surface area contributed by atoms with Gasteiger partial charge in [0.2, 0.25) is 4.96 Å². The van der Waals surface area contributed by atoms with Gasteiger partial charge in [0.25, 0.3) is 0 Å². The van der Waals surface area contributed by atoms with E-state index in [0.717, 1.165) is 15.5 Å². The lowest BCUT2D eigenvalue weighted by atomic mass is 10.2. The Hall–Kier alpha value is -1.90. The van der Waals surface area contributed by atoms with Gasteiger partial charge < -0.3 is 0 Å². The third-order valence-corrected chi connectivity index (χ3v) is 3.78. The van der Waals surface area contributed by atoms with E-state index >= 15 is 0 Å². The highest BCUT2D eigenvalue weighted by atomic mass is 35.5. The molecular formula is C12H7ClN4S. The number of halogens is 1. The molecule has 0 aliphatic carbocycles. The summed E-state index contributed by atoms with van der Waals surface area (Å²) in [6, 6.07) is 9.55. The van der Waals surface area contributed by atoms with Gasteiger partial charge in [-0.05, 0) is 19.1 Å². The maximum atomic E-state index is 9.06. The monoisotopic (exact) mass is 274 g/mol. The Bertz CT molecular complexity index is 764. The van der Waals surface area contributed by atoms with Gasteiger partial charge in [0.15, 0.2) is 5.69 Å². The van der Waals surface area contributed by atoms with E-state index in [4.69, 9.17) is 16.9 Å². The summed E-state index contributed by atoms with van der Waals surface area (Å²) in [5.41, 5.74) is 2.16. The molecule has 0 spiro atoms. The maximum absolute atomic E-state index is 9.06. The van der Waals surface area contributed by atoms with Crippen LogP contribution in [0.25, 0.3) is 15.5 Å². The van der Waals surface area contributed by atoms with Gasteiger partial charge in [0, 0.05) is 10.6 Å². The number of nitriles is 1. The van der Waals surface area contributed by atoms with E-state index in [1.807, 2.05) is 31.2 Å². The van der Waals surface area contributed by atoms with Gasteiger partial charge in [-0.1, -0.05) is 35.1 Å². The summed E-state index contributed by atoms with van der Waals surface area (Å²) in [4.78, 5) is 5.05. The van der Waals surface area contributed by atoms with Gasteiger partial charge in [-0.15, -0.1) is 0 Å². The number of hydrogen-bond acceptors (Lipinski definition) is 4. The molecule has 88 valence electrons. The molecule has 0 amide bonds. The highest BCUT2D eigenvalue weighted by molar-refractivity contribution is 7.19. The summed E-state index contributed by atoms with van der Waals surface area (Å²) in [6.07, 6.45) is 0.